The van der Waals surface area contributed by atoms with E-state index < -0.39 is 11.9 Å². The van der Waals surface area contributed by atoms with Crippen LogP contribution in [0.5, 0.6) is 0 Å². The van der Waals surface area contributed by atoms with Gasteiger partial charge in [0.1, 0.15) is 0 Å². The summed E-state index contributed by atoms with van der Waals surface area (Å²) >= 11 is 0. The van der Waals surface area contributed by atoms with Crippen molar-refractivity contribution in [3.63, 3.8) is 0 Å². The largest absolute Gasteiger partial charge is 0.481 e. The summed E-state index contributed by atoms with van der Waals surface area (Å²) in [5.74, 6) is -1.35. The van der Waals surface area contributed by atoms with Gasteiger partial charge in [-0.3, -0.25) is 9.59 Å². The minimum atomic E-state index is -0.678. The molecule has 0 unspecified atom stereocenters. The van der Waals surface area contributed by atoms with Crippen LogP contribution in [-0.4, -0.2) is 40.1 Å². The molecule has 5 heteroatoms. The van der Waals surface area contributed by atoms with Crippen LogP contribution in [0.1, 0.15) is 109 Å². The quantitative estimate of drug-likeness (QED) is 0.218. The number of hydrogen-bond donors (Lipinski definition) is 2. The molecule has 0 fully saturated rings. The summed E-state index contributed by atoms with van der Waals surface area (Å²) in [5, 5.41) is 17.2. The SMILES string of the molecule is O=C(O)CCCCCCCCCC1=CC=CN(CCCCCCCCCC(=O)O)C1. The molecule has 0 spiro atoms. The molecule has 0 aliphatic carbocycles. The number of carboxylic acids is 2. The number of nitrogens with zero attached hydrogens (tertiary/aromatic N) is 1. The summed E-state index contributed by atoms with van der Waals surface area (Å²) in [6, 6.07) is 0. The predicted octanol–water partition coefficient (Wildman–Crippen LogP) is 6.54. The Kier molecular flexibility index (Phi) is 15.8. The second-order valence-electron chi connectivity index (χ2n) is 8.62. The Morgan fingerprint density at radius 3 is 1.70 bits per heavy atom. The molecule has 1 aliphatic rings. The van der Waals surface area contributed by atoms with Crippen molar-refractivity contribution in [1.82, 2.24) is 4.90 Å². The van der Waals surface area contributed by atoms with Gasteiger partial charge in [0, 0.05) is 25.9 Å². The third-order valence-corrected chi connectivity index (χ3v) is 5.76. The number of rotatable bonds is 20. The summed E-state index contributed by atoms with van der Waals surface area (Å²) in [4.78, 5) is 23.4. The van der Waals surface area contributed by atoms with E-state index in [0.717, 1.165) is 51.6 Å². The molecule has 0 saturated carbocycles. The van der Waals surface area contributed by atoms with Gasteiger partial charge in [-0.15, -0.1) is 0 Å². The van der Waals surface area contributed by atoms with Gasteiger partial charge in [0.25, 0.3) is 0 Å². The van der Waals surface area contributed by atoms with E-state index in [-0.39, 0.29) is 0 Å². The molecule has 0 saturated heterocycles. The number of carboxylic acid groups (broad SMARTS) is 2. The van der Waals surface area contributed by atoms with Crippen molar-refractivity contribution in [2.24, 2.45) is 0 Å². The molecule has 0 aromatic carbocycles. The van der Waals surface area contributed by atoms with E-state index in [9.17, 15) is 9.59 Å². The van der Waals surface area contributed by atoms with Crippen LogP contribution >= 0.6 is 0 Å². The van der Waals surface area contributed by atoms with E-state index >= 15 is 0 Å². The van der Waals surface area contributed by atoms with Crippen molar-refractivity contribution in [1.29, 1.82) is 0 Å². The second kappa shape index (κ2) is 18.0. The van der Waals surface area contributed by atoms with Gasteiger partial charge in [-0.1, -0.05) is 75.9 Å². The molecule has 1 heterocycles. The summed E-state index contributed by atoms with van der Waals surface area (Å²) in [5.41, 5.74) is 1.54. The van der Waals surface area contributed by atoms with E-state index in [2.05, 4.69) is 23.3 Å². The lowest BCUT2D eigenvalue weighted by molar-refractivity contribution is -0.138. The maximum Gasteiger partial charge on any atom is 0.303 e. The first kappa shape index (κ1) is 26.3. The van der Waals surface area contributed by atoms with Crippen LogP contribution in [0.25, 0.3) is 0 Å². The summed E-state index contributed by atoms with van der Waals surface area (Å²) in [7, 11) is 0. The molecule has 0 radical (unpaired) electrons. The standard InChI is InChI=1S/C25H43NO4/c27-24(28)18-12-8-4-1-3-7-11-16-23-17-15-21-26(22-23)20-14-10-6-2-5-9-13-19-25(29)30/h15,17,21H,1-14,16,18-20,22H2,(H,27,28)(H,29,30). The first-order chi connectivity index (χ1) is 14.6. The molecular formula is C25H43NO4. The Labute approximate surface area is 183 Å². The van der Waals surface area contributed by atoms with Crippen LogP contribution in [0.15, 0.2) is 23.9 Å². The van der Waals surface area contributed by atoms with E-state index in [4.69, 9.17) is 10.2 Å². The first-order valence-electron chi connectivity index (χ1n) is 12.1. The minimum Gasteiger partial charge on any atom is -0.481 e. The lowest BCUT2D eigenvalue weighted by Crippen LogP contribution is -2.23. The Balaban J connectivity index is 1.92. The van der Waals surface area contributed by atoms with Crippen LogP contribution in [0.3, 0.4) is 0 Å². The van der Waals surface area contributed by atoms with Gasteiger partial charge in [-0.25, -0.2) is 0 Å². The van der Waals surface area contributed by atoms with Crippen LogP contribution in [-0.2, 0) is 9.59 Å². The predicted molar refractivity (Wildman–Crippen MR) is 123 cm³/mol. The Morgan fingerprint density at radius 2 is 1.17 bits per heavy atom. The highest BCUT2D eigenvalue weighted by Gasteiger charge is 2.07. The Morgan fingerprint density at radius 1 is 0.700 bits per heavy atom. The van der Waals surface area contributed by atoms with Crippen LogP contribution < -0.4 is 0 Å². The molecule has 2 N–H and O–H groups in total. The van der Waals surface area contributed by atoms with Gasteiger partial charge in [-0.05, 0) is 44.4 Å². The molecule has 0 amide bonds. The molecule has 1 aliphatic heterocycles. The molecule has 0 aromatic rings. The average Bonchev–Trinajstić information content (AvgIpc) is 2.71. The van der Waals surface area contributed by atoms with E-state index in [1.54, 1.807) is 0 Å². The molecule has 0 atom stereocenters. The van der Waals surface area contributed by atoms with E-state index in [1.165, 1.54) is 63.4 Å². The summed E-state index contributed by atoms with van der Waals surface area (Å²) in [6.07, 6.45) is 24.5. The third-order valence-electron chi connectivity index (χ3n) is 5.76. The van der Waals surface area contributed by atoms with Crippen molar-refractivity contribution in [3.8, 4) is 0 Å². The van der Waals surface area contributed by atoms with Crippen LogP contribution in [0.4, 0.5) is 0 Å². The zero-order chi connectivity index (χ0) is 21.9. The van der Waals surface area contributed by atoms with Gasteiger partial charge in [-0.2, -0.15) is 0 Å². The lowest BCUT2D eigenvalue weighted by Gasteiger charge is -2.25. The molecule has 1 rings (SSSR count). The summed E-state index contributed by atoms with van der Waals surface area (Å²) in [6.45, 7) is 2.20. The fourth-order valence-electron chi connectivity index (χ4n) is 3.97. The highest BCUT2D eigenvalue weighted by atomic mass is 16.4. The van der Waals surface area contributed by atoms with E-state index in [0.29, 0.717) is 12.8 Å². The monoisotopic (exact) mass is 421 g/mol. The van der Waals surface area contributed by atoms with Crippen LogP contribution in [0.2, 0.25) is 0 Å². The van der Waals surface area contributed by atoms with Gasteiger partial charge in [0.15, 0.2) is 0 Å². The average molecular weight is 422 g/mol. The Hall–Kier alpha value is -1.78. The van der Waals surface area contributed by atoms with Crippen molar-refractivity contribution in [3.05, 3.63) is 23.9 Å². The highest BCUT2D eigenvalue weighted by Crippen LogP contribution is 2.17. The molecule has 5 nitrogen and oxygen atoms in total. The molecular weight excluding hydrogens is 378 g/mol. The number of unbranched alkanes of at least 4 members (excludes halogenated alkanes) is 12. The highest BCUT2D eigenvalue weighted by molar-refractivity contribution is 5.66. The maximum atomic E-state index is 10.5. The van der Waals surface area contributed by atoms with Crippen molar-refractivity contribution in [2.45, 2.75) is 109 Å². The summed E-state index contributed by atoms with van der Waals surface area (Å²) < 4.78 is 0. The number of aliphatic carboxylic acids is 2. The first-order valence-corrected chi connectivity index (χ1v) is 12.1. The van der Waals surface area contributed by atoms with Gasteiger partial charge >= 0.3 is 11.9 Å². The molecule has 0 bridgehead atoms. The maximum absolute atomic E-state index is 10.5. The van der Waals surface area contributed by atoms with Crippen LogP contribution in [0, 0.1) is 0 Å². The lowest BCUT2D eigenvalue weighted by atomic mass is 10.0. The number of hydrogen-bond acceptors (Lipinski definition) is 3. The van der Waals surface area contributed by atoms with Crippen molar-refractivity contribution in [2.75, 3.05) is 13.1 Å². The fraction of sp³-hybridized carbons (Fsp3) is 0.760. The second-order valence-corrected chi connectivity index (χ2v) is 8.62. The van der Waals surface area contributed by atoms with Crippen molar-refractivity contribution < 1.29 is 19.8 Å². The van der Waals surface area contributed by atoms with Gasteiger partial charge in [0.2, 0.25) is 0 Å². The normalized spacial score (nSPS) is 13.5. The van der Waals surface area contributed by atoms with Crippen molar-refractivity contribution >= 4 is 11.9 Å². The zero-order valence-electron chi connectivity index (χ0n) is 18.8. The smallest absolute Gasteiger partial charge is 0.303 e. The number of allylic oxidation sites excluding steroid dienone is 2. The topological polar surface area (TPSA) is 77.8 Å². The molecule has 0 aromatic heterocycles. The van der Waals surface area contributed by atoms with E-state index in [1.807, 2.05) is 0 Å². The third kappa shape index (κ3) is 16.1. The molecule has 30 heavy (non-hydrogen) atoms. The molecule has 172 valence electrons. The van der Waals surface area contributed by atoms with Gasteiger partial charge < -0.3 is 15.1 Å². The van der Waals surface area contributed by atoms with Gasteiger partial charge in [0.05, 0.1) is 0 Å². The fourth-order valence-corrected chi connectivity index (χ4v) is 3.97. The zero-order valence-corrected chi connectivity index (χ0v) is 18.8. The Bertz CT molecular complexity index is 527. The minimum absolute atomic E-state index is 0.311. The number of carbonyl (C=O) groups is 2.